The highest BCUT2D eigenvalue weighted by molar-refractivity contribution is 5.99. The third kappa shape index (κ3) is 6.95. The second-order valence-electron chi connectivity index (χ2n) is 6.36. The first kappa shape index (κ1) is 21.9. The van der Waals surface area contributed by atoms with Gasteiger partial charge in [0, 0.05) is 37.3 Å². The van der Waals surface area contributed by atoms with E-state index in [1.807, 2.05) is 0 Å². The minimum absolute atomic E-state index is 0.198. The molecule has 0 aliphatic rings. The molecule has 2 aromatic rings. The zero-order valence-corrected chi connectivity index (χ0v) is 15.8. The second kappa shape index (κ2) is 9.22. The largest absolute Gasteiger partial charge is 0.416 e. The highest BCUT2D eigenvalue weighted by atomic mass is 19.4. The first-order chi connectivity index (χ1) is 13.5. The number of carbonyl (C=O) groups is 3. The molecule has 0 aliphatic heterocycles. The summed E-state index contributed by atoms with van der Waals surface area (Å²) in [4.78, 5) is 35.0. The Morgan fingerprint density at radius 2 is 1.38 bits per heavy atom. The normalized spacial score (nSPS) is 10.9. The topological polar surface area (TPSA) is 87.3 Å². The molecule has 0 aromatic heterocycles. The number of nitrogens with one attached hydrogen (secondary N) is 3. The summed E-state index contributed by atoms with van der Waals surface area (Å²) in [5, 5.41) is 7.77. The lowest BCUT2D eigenvalue weighted by Crippen LogP contribution is -2.26. The Hall–Kier alpha value is -3.36. The average Bonchev–Trinajstić information content (AvgIpc) is 2.60. The van der Waals surface area contributed by atoms with Crippen LogP contribution in [0.3, 0.4) is 0 Å². The summed E-state index contributed by atoms with van der Waals surface area (Å²) >= 11 is 0. The molecule has 2 rings (SSSR count). The molecule has 3 amide bonds. The van der Waals surface area contributed by atoms with E-state index < -0.39 is 17.6 Å². The van der Waals surface area contributed by atoms with E-state index in [4.69, 9.17) is 0 Å². The first-order valence-corrected chi connectivity index (χ1v) is 8.69. The average molecular weight is 407 g/mol. The molecular formula is C20H20F3N3O3. The Morgan fingerprint density at radius 1 is 0.862 bits per heavy atom. The summed E-state index contributed by atoms with van der Waals surface area (Å²) in [7, 11) is 0. The fraction of sp³-hybridized carbons (Fsp3) is 0.250. The fourth-order valence-corrected chi connectivity index (χ4v) is 2.59. The molecule has 0 radical (unpaired) electrons. The van der Waals surface area contributed by atoms with E-state index in [0.29, 0.717) is 23.4 Å². The van der Waals surface area contributed by atoms with E-state index in [1.165, 1.54) is 44.2 Å². The molecular weight excluding hydrogens is 387 g/mol. The molecule has 0 atom stereocenters. The lowest BCUT2D eigenvalue weighted by molar-refractivity contribution is -0.137. The molecule has 0 spiro atoms. The van der Waals surface area contributed by atoms with E-state index in [-0.39, 0.29) is 23.9 Å². The van der Waals surface area contributed by atoms with Crippen molar-refractivity contribution in [1.82, 2.24) is 5.32 Å². The summed E-state index contributed by atoms with van der Waals surface area (Å²) in [6.07, 6.45) is -4.05. The predicted molar refractivity (Wildman–Crippen MR) is 103 cm³/mol. The molecule has 29 heavy (non-hydrogen) atoms. The van der Waals surface area contributed by atoms with Gasteiger partial charge in [-0.25, -0.2) is 0 Å². The van der Waals surface area contributed by atoms with Crippen LogP contribution in [0.4, 0.5) is 24.5 Å². The Morgan fingerprint density at radius 3 is 1.83 bits per heavy atom. The number of rotatable bonds is 6. The summed E-state index contributed by atoms with van der Waals surface area (Å²) in [5.41, 5.74) is 0.815. The van der Waals surface area contributed by atoms with Crippen molar-refractivity contribution < 1.29 is 27.6 Å². The van der Waals surface area contributed by atoms with Gasteiger partial charge in [0.1, 0.15) is 0 Å². The molecule has 6 nitrogen and oxygen atoms in total. The molecule has 154 valence electrons. The van der Waals surface area contributed by atoms with Gasteiger partial charge in [-0.05, 0) is 42.3 Å². The van der Waals surface area contributed by atoms with Crippen LogP contribution in [0.1, 0.15) is 35.3 Å². The summed E-state index contributed by atoms with van der Waals surface area (Å²) in [6.45, 7) is 2.83. The number of amides is 3. The molecule has 0 unspecified atom stereocenters. The van der Waals surface area contributed by atoms with Crippen LogP contribution in [0.5, 0.6) is 0 Å². The van der Waals surface area contributed by atoms with Gasteiger partial charge in [0.2, 0.25) is 11.8 Å². The summed E-state index contributed by atoms with van der Waals surface area (Å²) in [5.74, 6) is -1.12. The predicted octanol–water partition coefficient (Wildman–Crippen LogP) is 3.59. The van der Waals surface area contributed by atoms with Crippen molar-refractivity contribution in [1.29, 1.82) is 0 Å². The van der Waals surface area contributed by atoms with Gasteiger partial charge in [-0.2, -0.15) is 13.2 Å². The SMILES string of the molecule is CC(=O)Nc1cc(NC(C)=O)cc(C(=O)NCCc2ccc(C(F)(F)F)cc2)c1. The van der Waals surface area contributed by atoms with E-state index in [2.05, 4.69) is 16.0 Å². The number of anilines is 2. The Kier molecular flexibility index (Phi) is 6.98. The minimum Gasteiger partial charge on any atom is -0.352 e. The second-order valence-corrected chi connectivity index (χ2v) is 6.36. The van der Waals surface area contributed by atoms with Gasteiger partial charge in [-0.15, -0.1) is 0 Å². The third-order valence-electron chi connectivity index (χ3n) is 3.82. The van der Waals surface area contributed by atoms with Gasteiger partial charge < -0.3 is 16.0 Å². The molecule has 0 bridgehead atoms. The van der Waals surface area contributed by atoms with Gasteiger partial charge >= 0.3 is 6.18 Å². The van der Waals surface area contributed by atoms with Crippen LogP contribution in [0.15, 0.2) is 42.5 Å². The molecule has 0 aliphatic carbocycles. The van der Waals surface area contributed by atoms with Crippen LogP contribution in [0.25, 0.3) is 0 Å². The lowest BCUT2D eigenvalue weighted by atomic mass is 10.1. The van der Waals surface area contributed by atoms with Crippen LogP contribution < -0.4 is 16.0 Å². The summed E-state index contributed by atoms with van der Waals surface area (Å²) in [6, 6.07) is 9.15. The summed E-state index contributed by atoms with van der Waals surface area (Å²) < 4.78 is 37.7. The molecule has 0 saturated carbocycles. The zero-order valence-electron chi connectivity index (χ0n) is 15.8. The van der Waals surface area contributed by atoms with Gasteiger partial charge in [-0.1, -0.05) is 12.1 Å². The molecule has 0 fully saturated rings. The highest BCUT2D eigenvalue weighted by Gasteiger charge is 2.29. The van der Waals surface area contributed by atoms with Gasteiger partial charge in [-0.3, -0.25) is 14.4 Å². The van der Waals surface area contributed by atoms with Crippen molar-refractivity contribution in [2.75, 3.05) is 17.2 Å². The van der Waals surface area contributed by atoms with E-state index in [0.717, 1.165) is 12.1 Å². The quantitative estimate of drug-likeness (QED) is 0.684. The number of benzene rings is 2. The third-order valence-corrected chi connectivity index (χ3v) is 3.82. The van der Waals surface area contributed by atoms with Crippen molar-refractivity contribution in [3.05, 3.63) is 59.2 Å². The van der Waals surface area contributed by atoms with Gasteiger partial charge in [0.25, 0.3) is 5.91 Å². The van der Waals surface area contributed by atoms with Gasteiger partial charge in [0.05, 0.1) is 5.56 Å². The number of hydrogen-bond donors (Lipinski definition) is 3. The minimum atomic E-state index is -4.39. The van der Waals surface area contributed by atoms with Crippen LogP contribution >= 0.6 is 0 Å². The Labute approximate surface area is 165 Å². The van der Waals surface area contributed by atoms with Crippen molar-refractivity contribution in [3.63, 3.8) is 0 Å². The van der Waals surface area contributed by atoms with E-state index >= 15 is 0 Å². The van der Waals surface area contributed by atoms with Crippen LogP contribution in [-0.2, 0) is 22.2 Å². The first-order valence-electron chi connectivity index (χ1n) is 8.69. The smallest absolute Gasteiger partial charge is 0.352 e. The molecule has 3 N–H and O–H groups in total. The number of carbonyl (C=O) groups excluding carboxylic acids is 3. The van der Waals surface area contributed by atoms with E-state index in [9.17, 15) is 27.6 Å². The fourth-order valence-electron chi connectivity index (χ4n) is 2.59. The standard InChI is InChI=1S/C20H20F3N3O3/c1-12(27)25-17-9-15(10-18(11-17)26-13(2)28)19(29)24-8-7-14-3-5-16(6-4-14)20(21,22)23/h3-6,9-11H,7-8H2,1-2H3,(H,24,29)(H,25,27)(H,26,28). The maximum Gasteiger partial charge on any atom is 0.416 e. The van der Waals surface area contributed by atoms with Gasteiger partial charge in [0.15, 0.2) is 0 Å². The van der Waals surface area contributed by atoms with Crippen LogP contribution in [-0.4, -0.2) is 24.3 Å². The van der Waals surface area contributed by atoms with Crippen molar-refractivity contribution in [2.45, 2.75) is 26.4 Å². The van der Waals surface area contributed by atoms with Crippen molar-refractivity contribution >= 4 is 29.1 Å². The Bertz CT molecular complexity index is 875. The molecule has 2 aromatic carbocycles. The zero-order chi connectivity index (χ0) is 21.6. The maximum absolute atomic E-state index is 12.6. The van der Waals surface area contributed by atoms with Crippen molar-refractivity contribution in [2.24, 2.45) is 0 Å². The molecule has 0 heterocycles. The Balaban J connectivity index is 2.03. The van der Waals surface area contributed by atoms with Crippen molar-refractivity contribution in [3.8, 4) is 0 Å². The van der Waals surface area contributed by atoms with Crippen LogP contribution in [0, 0.1) is 0 Å². The number of hydrogen-bond acceptors (Lipinski definition) is 3. The molecule has 9 heteroatoms. The highest BCUT2D eigenvalue weighted by Crippen LogP contribution is 2.29. The molecule has 0 saturated heterocycles. The lowest BCUT2D eigenvalue weighted by Gasteiger charge is -2.11. The maximum atomic E-state index is 12.6. The number of halogens is 3. The monoisotopic (exact) mass is 407 g/mol. The van der Waals surface area contributed by atoms with E-state index in [1.54, 1.807) is 0 Å². The number of alkyl halides is 3. The van der Waals surface area contributed by atoms with Crippen LogP contribution in [0.2, 0.25) is 0 Å².